The molecule has 2 nitrogen and oxygen atoms in total. The van der Waals surface area contributed by atoms with E-state index in [0.717, 1.165) is 25.2 Å². The molecule has 0 spiro atoms. The molecule has 1 heterocycles. The van der Waals surface area contributed by atoms with Crippen LogP contribution >= 0.6 is 11.3 Å². The molecule has 3 heteroatoms. The summed E-state index contributed by atoms with van der Waals surface area (Å²) >= 11 is 1.77. The molecular weight excluding hydrogens is 264 g/mol. The molecule has 0 atom stereocenters. The van der Waals surface area contributed by atoms with Crippen molar-refractivity contribution >= 4 is 11.3 Å². The van der Waals surface area contributed by atoms with Gasteiger partial charge in [-0.3, -0.25) is 4.90 Å². The first-order chi connectivity index (χ1) is 9.81. The van der Waals surface area contributed by atoms with E-state index in [1.165, 1.54) is 10.4 Å². The van der Waals surface area contributed by atoms with Crippen LogP contribution in [0.2, 0.25) is 0 Å². The summed E-state index contributed by atoms with van der Waals surface area (Å²) in [4.78, 5) is 3.78. The molecule has 2 aromatic rings. The van der Waals surface area contributed by atoms with Crippen LogP contribution in [-0.4, -0.2) is 18.0 Å². The second-order valence-electron chi connectivity index (χ2n) is 4.60. The average Bonchev–Trinajstić information content (AvgIpc) is 2.93. The Morgan fingerprint density at radius 1 is 1.20 bits per heavy atom. The second kappa shape index (κ2) is 7.86. The van der Waals surface area contributed by atoms with E-state index in [4.69, 9.17) is 5.73 Å². The molecule has 0 radical (unpaired) electrons. The highest BCUT2D eigenvalue weighted by atomic mass is 32.1. The van der Waals surface area contributed by atoms with E-state index in [-0.39, 0.29) is 0 Å². The SMILES string of the molecule is CCN(Cc1ccccc1)Cc1cc(C#CCN)cs1. The maximum Gasteiger partial charge on any atom is 0.0555 e. The molecule has 0 saturated carbocycles. The molecule has 0 fully saturated rings. The van der Waals surface area contributed by atoms with Gasteiger partial charge in [0.2, 0.25) is 0 Å². The molecule has 104 valence electrons. The third-order valence-corrected chi connectivity index (χ3v) is 3.99. The lowest BCUT2D eigenvalue weighted by Crippen LogP contribution is -2.21. The Labute approximate surface area is 125 Å². The van der Waals surface area contributed by atoms with Gasteiger partial charge < -0.3 is 5.73 Å². The van der Waals surface area contributed by atoms with Crippen LogP contribution in [0.25, 0.3) is 0 Å². The van der Waals surface area contributed by atoms with Gasteiger partial charge >= 0.3 is 0 Å². The lowest BCUT2D eigenvalue weighted by atomic mass is 10.2. The first kappa shape index (κ1) is 14.8. The number of hydrogen-bond acceptors (Lipinski definition) is 3. The predicted molar refractivity (Wildman–Crippen MR) is 86.5 cm³/mol. The topological polar surface area (TPSA) is 29.3 Å². The maximum atomic E-state index is 5.39. The summed E-state index contributed by atoms with van der Waals surface area (Å²) in [6.45, 7) is 5.61. The third kappa shape index (κ3) is 4.50. The molecule has 0 unspecified atom stereocenters. The van der Waals surface area contributed by atoms with Crippen LogP contribution in [0.5, 0.6) is 0 Å². The molecule has 1 aromatic carbocycles. The van der Waals surface area contributed by atoms with Gasteiger partial charge in [-0.2, -0.15) is 0 Å². The fraction of sp³-hybridized carbons (Fsp3) is 0.294. The molecule has 20 heavy (non-hydrogen) atoms. The molecule has 0 aliphatic heterocycles. The van der Waals surface area contributed by atoms with Crippen molar-refractivity contribution in [2.75, 3.05) is 13.1 Å². The molecule has 0 amide bonds. The highest BCUT2D eigenvalue weighted by Crippen LogP contribution is 2.17. The molecule has 0 saturated heterocycles. The van der Waals surface area contributed by atoms with Crippen LogP contribution in [0.15, 0.2) is 41.8 Å². The van der Waals surface area contributed by atoms with Crippen LogP contribution in [-0.2, 0) is 13.1 Å². The van der Waals surface area contributed by atoms with Gasteiger partial charge in [0, 0.05) is 28.9 Å². The smallest absolute Gasteiger partial charge is 0.0555 e. The summed E-state index contributed by atoms with van der Waals surface area (Å²) in [5.41, 5.74) is 7.82. The minimum Gasteiger partial charge on any atom is -0.320 e. The van der Waals surface area contributed by atoms with E-state index in [1.807, 2.05) is 0 Å². The Morgan fingerprint density at radius 3 is 2.70 bits per heavy atom. The lowest BCUT2D eigenvalue weighted by Gasteiger charge is -2.19. The molecule has 0 aliphatic carbocycles. The van der Waals surface area contributed by atoms with Gasteiger partial charge in [-0.05, 0) is 18.2 Å². The molecule has 2 N–H and O–H groups in total. The van der Waals surface area contributed by atoms with Crippen molar-refractivity contribution in [1.29, 1.82) is 0 Å². The first-order valence-electron chi connectivity index (χ1n) is 6.84. The van der Waals surface area contributed by atoms with Crippen molar-refractivity contribution in [3.63, 3.8) is 0 Å². The highest BCUT2D eigenvalue weighted by Gasteiger charge is 2.06. The largest absolute Gasteiger partial charge is 0.320 e. The van der Waals surface area contributed by atoms with E-state index < -0.39 is 0 Å². The van der Waals surface area contributed by atoms with E-state index in [1.54, 1.807) is 11.3 Å². The van der Waals surface area contributed by atoms with Crippen LogP contribution in [0, 0.1) is 11.8 Å². The number of nitrogens with two attached hydrogens (primary N) is 1. The Hall–Kier alpha value is -1.60. The van der Waals surface area contributed by atoms with E-state index in [9.17, 15) is 0 Å². The summed E-state index contributed by atoms with van der Waals surface area (Å²) < 4.78 is 0. The number of nitrogens with zero attached hydrogens (tertiary/aromatic N) is 1. The van der Waals surface area contributed by atoms with E-state index >= 15 is 0 Å². The van der Waals surface area contributed by atoms with Gasteiger partial charge in [0.1, 0.15) is 0 Å². The Kier molecular flexibility index (Phi) is 5.82. The predicted octanol–water partition coefficient (Wildman–Crippen LogP) is 3.08. The third-order valence-electron chi connectivity index (χ3n) is 3.06. The van der Waals surface area contributed by atoms with Crippen LogP contribution in [0.1, 0.15) is 22.9 Å². The number of rotatable bonds is 5. The van der Waals surface area contributed by atoms with Crippen molar-refractivity contribution in [1.82, 2.24) is 4.90 Å². The number of hydrogen-bond donors (Lipinski definition) is 1. The second-order valence-corrected chi connectivity index (χ2v) is 5.59. The summed E-state index contributed by atoms with van der Waals surface area (Å²) in [7, 11) is 0. The molecule has 0 aliphatic rings. The fourth-order valence-corrected chi connectivity index (χ4v) is 2.88. The average molecular weight is 284 g/mol. The van der Waals surface area contributed by atoms with Gasteiger partial charge in [-0.15, -0.1) is 11.3 Å². The lowest BCUT2D eigenvalue weighted by molar-refractivity contribution is 0.274. The molecule has 2 rings (SSSR count). The first-order valence-corrected chi connectivity index (χ1v) is 7.72. The maximum absolute atomic E-state index is 5.39. The van der Waals surface area contributed by atoms with Crippen molar-refractivity contribution < 1.29 is 0 Å². The monoisotopic (exact) mass is 284 g/mol. The van der Waals surface area contributed by atoms with Crippen molar-refractivity contribution in [3.8, 4) is 11.8 Å². The number of benzene rings is 1. The summed E-state index contributed by atoms with van der Waals surface area (Å²) in [5, 5.41) is 2.11. The van der Waals surface area contributed by atoms with E-state index in [2.05, 4.69) is 65.4 Å². The molecule has 1 aromatic heterocycles. The zero-order chi connectivity index (χ0) is 14.2. The van der Waals surface area contributed by atoms with Crippen LogP contribution < -0.4 is 5.73 Å². The minimum absolute atomic E-state index is 0.417. The number of thiophene rings is 1. The van der Waals surface area contributed by atoms with Gasteiger partial charge in [0.05, 0.1) is 6.54 Å². The van der Waals surface area contributed by atoms with Crippen molar-refractivity contribution in [3.05, 3.63) is 57.8 Å². The van der Waals surface area contributed by atoms with E-state index in [0.29, 0.717) is 6.54 Å². The van der Waals surface area contributed by atoms with Gasteiger partial charge in [0.15, 0.2) is 0 Å². The van der Waals surface area contributed by atoms with Crippen molar-refractivity contribution in [2.24, 2.45) is 5.73 Å². The standard InChI is InChI=1S/C17H20N2S/c1-2-19(12-15-7-4-3-5-8-15)13-17-11-16(14-20-17)9-6-10-18/h3-5,7-8,11,14H,2,10,12-13,18H2,1H3. The van der Waals surface area contributed by atoms with Gasteiger partial charge in [0.25, 0.3) is 0 Å². The Balaban J connectivity index is 1.97. The van der Waals surface area contributed by atoms with Crippen LogP contribution in [0.4, 0.5) is 0 Å². The molecular formula is C17H20N2S. The Morgan fingerprint density at radius 2 is 2.00 bits per heavy atom. The summed E-state index contributed by atoms with van der Waals surface area (Å²) in [6, 6.07) is 12.8. The normalized spacial score (nSPS) is 10.3. The summed E-state index contributed by atoms with van der Waals surface area (Å²) in [5.74, 6) is 5.98. The quantitative estimate of drug-likeness (QED) is 0.855. The van der Waals surface area contributed by atoms with Crippen molar-refractivity contribution in [2.45, 2.75) is 20.0 Å². The zero-order valence-electron chi connectivity index (χ0n) is 11.8. The molecule has 0 bridgehead atoms. The van der Waals surface area contributed by atoms with Crippen LogP contribution in [0.3, 0.4) is 0 Å². The summed E-state index contributed by atoms with van der Waals surface area (Å²) in [6.07, 6.45) is 0. The Bertz CT molecular complexity index is 578. The fourth-order valence-electron chi connectivity index (χ4n) is 2.02. The van der Waals surface area contributed by atoms with Gasteiger partial charge in [-0.25, -0.2) is 0 Å². The minimum atomic E-state index is 0.417. The highest BCUT2D eigenvalue weighted by molar-refractivity contribution is 7.10. The zero-order valence-corrected chi connectivity index (χ0v) is 12.6. The van der Waals surface area contributed by atoms with Gasteiger partial charge in [-0.1, -0.05) is 49.1 Å².